The molecule has 1 fully saturated rings. The van der Waals surface area contributed by atoms with Crippen LogP contribution in [-0.2, 0) is 41.2 Å². The van der Waals surface area contributed by atoms with Gasteiger partial charge >= 0.3 is 239 Å². The topological polar surface area (TPSA) is 76.8 Å². The quantitative estimate of drug-likeness (QED) is 0.174. The van der Waals surface area contributed by atoms with Crippen molar-refractivity contribution >= 4 is 43.6 Å². The SMILES string of the molecule is COc1cc[c]([Hg][CH]2C(=O)N(c3ccccc3)C(=S)N(c3c(C)n(C)n(-c4ccccc4)c3=O)C2=O)cc1. The van der Waals surface area contributed by atoms with Crippen LogP contribution in [0, 0.1) is 6.92 Å². The molecule has 0 saturated carbocycles. The van der Waals surface area contributed by atoms with Crippen LogP contribution in [-0.4, -0.2) is 33.4 Å². The second kappa shape index (κ2) is 10.7. The maximum absolute atomic E-state index is 14.1. The van der Waals surface area contributed by atoms with Gasteiger partial charge in [0.15, 0.2) is 0 Å². The number of anilines is 2. The van der Waals surface area contributed by atoms with Gasteiger partial charge in [-0.15, -0.1) is 0 Å². The summed E-state index contributed by atoms with van der Waals surface area (Å²) in [5.74, 6) is -0.0638. The molecule has 38 heavy (non-hydrogen) atoms. The third kappa shape index (κ3) is 4.50. The molecule has 5 rings (SSSR count). The number of carbonyl (C=O) groups excluding carboxylic acids is 2. The predicted molar refractivity (Wildman–Crippen MR) is 146 cm³/mol. The Labute approximate surface area is 237 Å². The summed E-state index contributed by atoms with van der Waals surface area (Å²) >= 11 is 3.34. The molecule has 1 aliphatic heterocycles. The molecule has 0 N–H and O–H groups in total. The fraction of sp³-hybridized carbons (Fsp3) is 0.143. The molecule has 0 radical (unpaired) electrons. The number of rotatable bonds is 6. The minimum absolute atomic E-state index is 0.0170. The van der Waals surface area contributed by atoms with Gasteiger partial charge in [0.2, 0.25) is 0 Å². The van der Waals surface area contributed by atoms with Crippen LogP contribution >= 0.6 is 12.2 Å². The number of carbonyl (C=O) groups is 2. The van der Waals surface area contributed by atoms with Crippen molar-refractivity contribution in [1.29, 1.82) is 0 Å². The van der Waals surface area contributed by atoms with E-state index in [4.69, 9.17) is 17.0 Å². The van der Waals surface area contributed by atoms with Gasteiger partial charge in [-0.25, -0.2) is 0 Å². The Morgan fingerprint density at radius 2 is 1.34 bits per heavy atom. The summed E-state index contributed by atoms with van der Waals surface area (Å²) < 4.78 is 8.61. The summed E-state index contributed by atoms with van der Waals surface area (Å²) in [6.45, 7) is 1.78. The number of nitrogens with zero attached hydrogens (tertiary/aromatic N) is 4. The molecular weight excluding hydrogens is 689 g/mol. The van der Waals surface area contributed by atoms with E-state index in [1.807, 2.05) is 72.8 Å². The van der Waals surface area contributed by atoms with Gasteiger partial charge in [-0.1, -0.05) is 0 Å². The van der Waals surface area contributed by atoms with Crippen LogP contribution < -0.4 is 23.2 Å². The number of hydrogen-bond acceptors (Lipinski definition) is 5. The van der Waals surface area contributed by atoms with Gasteiger partial charge in [0.25, 0.3) is 0 Å². The number of benzene rings is 3. The first-order chi connectivity index (χ1) is 18.3. The molecular formula is C28H24HgN4O4S. The number of methoxy groups -OCH3 is 1. The predicted octanol–water partition coefficient (Wildman–Crippen LogP) is 3.35. The molecule has 0 bridgehead atoms. The minimum atomic E-state index is -2.43. The maximum atomic E-state index is 14.1. The van der Waals surface area contributed by atoms with E-state index < -0.39 is 33.9 Å². The van der Waals surface area contributed by atoms with E-state index >= 15 is 0 Å². The van der Waals surface area contributed by atoms with E-state index in [0.717, 1.165) is 3.07 Å². The number of thiocarbonyl (C=S) groups is 1. The van der Waals surface area contributed by atoms with Gasteiger partial charge in [0.1, 0.15) is 0 Å². The van der Waals surface area contributed by atoms with E-state index in [1.165, 1.54) is 14.5 Å². The number of amides is 2. The van der Waals surface area contributed by atoms with Crippen molar-refractivity contribution in [1.82, 2.24) is 9.36 Å². The molecule has 4 aromatic rings. The molecule has 1 aliphatic rings. The molecule has 1 saturated heterocycles. The molecule has 188 valence electrons. The summed E-state index contributed by atoms with van der Waals surface area (Å²) in [7, 11) is 3.36. The van der Waals surface area contributed by atoms with Crippen LogP contribution in [0.3, 0.4) is 0 Å². The van der Waals surface area contributed by atoms with Crippen LogP contribution in [0.4, 0.5) is 11.4 Å². The van der Waals surface area contributed by atoms with Crippen LogP contribution in [0.25, 0.3) is 5.69 Å². The summed E-state index contributed by atoms with van der Waals surface area (Å²) in [4.78, 5) is 44.5. The Morgan fingerprint density at radius 3 is 1.92 bits per heavy atom. The van der Waals surface area contributed by atoms with E-state index in [-0.39, 0.29) is 22.3 Å². The molecule has 2 amide bonds. The van der Waals surface area contributed by atoms with E-state index in [0.29, 0.717) is 22.8 Å². The second-order valence-corrected chi connectivity index (χ2v) is 17.3. The third-order valence-corrected chi connectivity index (χ3v) is 15.1. The first kappa shape index (κ1) is 26.1. The Kier molecular flexibility index (Phi) is 7.31. The number of hydrogen-bond donors (Lipinski definition) is 0. The zero-order valence-corrected chi connectivity index (χ0v) is 27.5. The van der Waals surface area contributed by atoms with Gasteiger partial charge in [0, 0.05) is 0 Å². The zero-order chi connectivity index (χ0) is 27.0. The van der Waals surface area contributed by atoms with Crippen LogP contribution in [0.5, 0.6) is 5.75 Å². The average Bonchev–Trinajstić information content (AvgIpc) is 3.16. The van der Waals surface area contributed by atoms with Gasteiger partial charge in [0.05, 0.1) is 0 Å². The van der Waals surface area contributed by atoms with Crippen molar-refractivity contribution in [2.75, 3.05) is 16.9 Å². The first-order valence-electron chi connectivity index (χ1n) is 12.1. The average molecular weight is 713 g/mol. The molecule has 1 unspecified atom stereocenters. The molecule has 1 atom stereocenters. The summed E-state index contributed by atoms with van der Waals surface area (Å²) in [5.41, 5.74) is 1.57. The molecule has 3 aromatic carbocycles. The van der Waals surface area contributed by atoms with E-state index in [2.05, 4.69) is 0 Å². The van der Waals surface area contributed by atoms with Crippen molar-refractivity contribution in [3.05, 3.63) is 101 Å². The Bertz CT molecular complexity index is 1580. The van der Waals surface area contributed by atoms with Crippen molar-refractivity contribution in [3.63, 3.8) is 0 Å². The fourth-order valence-corrected chi connectivity index (χ4v) is 11.7. The first-order valence-corrected chi connectivity index (χ1v) is 18.4. The normalized spacial score (nSPS) is 15.6. The van der Waals surface area contributed by atoms with Crippen molar-refractivity contribution in [2.45, 2.75) is 10.4 Å². The summed E-state index contributed by atoms with van der Waals surface area (Å²) in [5, 5.41) is -0.0170. The van der Waals surface area contributed by atoms with E-state index in [1.54, 1.807) is 37.9 Å². The van der Waals surface area contributed by atoms with Gasteiger partial charge < -0.3 is 0 Å². The monoisotopic (exact) mass is 714 g/mol. The van der Waals surface area contributed by atoms with Crippen molar-refractivity contribution < 1.29 is 38.9 Å². The van der Waals surface area contributed by atoms with Gasteiger partial charge in [-0.3, -0.25) is 0 Å². The molecule has 0 spiro atoms. The molecule has 1 aromatic heterocycles. The van der Waals surface area contributed by atoms with Crippen LogP contribution in [0.1, 0.15) is 5.69 Å². The third-order valence-electron chi connectivity index (χ3n) is 6.78. The summed E-state index contributed by atoms with van der Waals surface area (Å²) in [6.07, 6.45) is 0. The molecule has 10 heteroatoms. The van der Waals surface area contributed by atoms with Gasteiger partial charge in [-0.05, 0) is 0 Å². The zero-order valence-electron chi connectivity index (χ0n) is 21.2. The number of para-hydroxylation sites is 2. The van der Waals surface area contributed by atoms with Gasteiger partial charge in [-0.2, -0.15) is 0 Å². The Balaban J connectivity index is 1.65. The summed E-state index contributed by atoms with van der Waals surface area (Å²) in [6, 6.07) is 25.7. The van der Waals surface area contributed by atoms with Crippen LogP contribution in [0.15, 0.2) is 89.7 Å². The van der Waals surface area contributed by atoms with Crippen molar-refractivity contribution in [3.8, 4) is 11.4 Å². The van der Waals surface area contributed by atoms with Crippen LogP contribution in [0.2, 0.25) is 3.43 Å². The molecule has 2 heterocycles. The number of aromatic nitrogens is 2. The fourth-order valence-electron chi connectivity index (χ4n) is 4.71. The number of ether oxygens (including phenoxy) is 1. The Morgan fingerprint density at radius 1 is 0.789 bits per heavy atom. The van der Waals surface area contributed by atoms with E-state index in [9.17, 15) is 14.4 Å². The Hall–Kier alpha value is -3.56. The molecule has 0 aliphatic carbocycles. The van der Waals surface area contributed by atoms with Crippen molar-refractivity contribution in [2.24, 2.45) is 7.05 Å². The molecule has 8 nitrogen and oxygen atoms in total. The standard InChI is InChI=1S/C21H17N4O3S.C7H7O.Hg/c1-14-19(20(28)25(22(14)2)16-11-7-4-8-12-16)24-18(27)13-17(26)23(21(24)29)15-9-5-3-6-10-15;1-8-7-5-3-2-4-6-7;/h3-13H,1-2H3;3-6H,1H3;. The second-order valence-electron chi connectivity index (χ2n) is 8.98.